The lowest BCUT2D eigenvalue weighted by Crippen LogP contribution is -2.24. The molecular weight excluding hydrogens is 254 g/mol. The Morgan fingerprint density at radius 2 is 1.90 bits per heavy atom. The van der Waals surface area contributed by atoms with Crippen molar-refractivity contribution in [3.63, 3.8) is 0 Å². The van der Waals surface area contributed by atoms with Crippen LogP contribution in [0.5, 0.6) is 5.75 Å². The number of nitrogens with two attached hydrogens (primary N) is 1. The Bertz CT molecular complexity index is 524. The molecule has 0 spiro atoms. The number of anilines is 2. The summed E-state index contributed by atoms with van der Waals surface area (Å²) in [5, 5.41) is 0. The van der Waals surface area contributed by atoms with Crippen molar-refractivity contribution in [1.82, 2.24) is 0 Å². The highest BCUT2D eigenvalue weighted by Crippen LogP contribution is 2.41. The fraction of sp³-hybridized carbons (Fsp3) is 0.400. The molecular formula is C15H23N3O2. The molecule has 1 aromatic rings. The number of carbonyl (C=O) groups is 1. The van der Waals surface area contributed by atoms with Gasteiger partial charge >= 0.3 is 0 Å². The second-order valence-corrected chi connectivity index (χ2v) is 4.76. The second-order valence-electron chi connectivity index (χ2n) is 4.76. The minimum Gasteiger partial charge on any atom is -0.495 e. The molecule has 1 rings (SSSR count). The van der Waals surface area contributed by atoms with Crippen LogP contribution in [0.1, 0.15) is 12.5 Å². The number of amides is 1. The molecule has 0 aromatic heterocycles. The Balaban J connectivity index is 3.65. The standard InChI is InChI=1S/C15H23N3O2/c1-7-18(5)13-11(10(2)15(16)19)8-9-12(20-6)14(13)17(3)4/h8-9H,2,7H2,1,3-6H3,(H2,16,19). The highest BCUT2D eigenvalue weighted by molar-refractivity contribution is 6.20. The summed E-state index contributed by atoms with van der Waals surface area (Å²) in [7, 11) is 7.45. The van der Waals surface area contributed by atoms with E-state index < -0.39 is 5.91 Å². The zero-order chi connectivity index (χ0) is 15.4. The molecule has 5 heteroatoms. The van der Waals surface area contributed by atoms with Crippen molar-refractivity contribution in [2.24, 2.45) is 5.73 Å². The van der Waals surface area contributed by atoms with Gasteiger partial charge in [-0.25, -0.2) is 0 Å². The zero-order valence-electron chi connectivity index (χ0n) is 12.9. The van der Waals surface area contributed by atoms with Crippen molar-refractivity contribution in [3.05, 3.63) is 24.3 Å². The first-order valence-corrected chi connectivity index (χ1v) is 6.43. The zero-order valence-corrected chi connectivity index (χ0v) is 12.9. The van der Waals surface area contributed by atoms with Gasteiger partial charge < -0.3 is 20.3 Å². The van der Waals surface area contributed by atoms with Crippen LogP contribution in [0.3, 0.4) is 0 Å². The summed E-state index contributed by atoms with van der Waals surface area (Å²) in [5.74, 6) is 0.219. The van der Waals surface area contributed by atoms with E-state index in [0.29, 0.717) is 5.57 Å². The second kappa shape index (κ2) is 6.32. The average molecular weight is 277 g/mol. The lowest BCUT2D eigenvalue weighted by atomic mass is 10.0. The molecule has 20 heavy (non-hydrogen) atoms. The van der Waals surface area contributed by atoms with E-state index >= 15 is 0 Å². The van der Waals surface area contributed by atoms with E-state index in [0.717, 1.165) is 29.2 Å². The van der Waals surface area contributed by atoms with Crippen molar-refractivity contribution in [2.45, 2.75) is 6.92 Å². The summed E-state index contributed by atoms with van der Waals surface area (Å²) < 4.78 is 5.42. The van der Waals surface area contributed by atoms with Gasteiger partial charge in [0.25, 0.3) is 0 Å². The maximum atomic E-state index is 11.5. The topological polar surface area (TPSA) is 58.8 Å². The summed E-state index contributed by atoms with van der Waals surface area (Å²) >= 11 is 0. The van der Waals surface area contributed by atoms with Crippen molar-refractivity contribution >= 4 is 22.9 Å². The first-order valence-electron chi connectivity index (χ1n) is 6.43. The van der Waals surface area contributed by atoms with Crippen molar-refractivity contribution in [2.75, 3.05) is 44.6 Å². The van der Waals surface area contributed by atoms with Crippen LogP contribution in [-0.4, -0.2) is 40.7 Å². The van der Waals surface area contributed by atoms with Crippen LogP contribution in [0, 0.1) is 0 Å². The molecule has 0 aliphatic heterocycles. The minimum atomic E-state index is -0.523. The molecule has 0 fully saturated rings. The van der Waals surface area contributed by atoms with Gasteiger partial charge in [-0.15, -0.1) is 0 Å². The molecule has 0 saturated carbocycles. The number of nitrogens with zero attached hydrogens (tertiary/aromatic N) is 2. The number of benzene rings is 1. The van der Waals surface area contributed by atoms with Gasteiger partial charge in [0.2, 0.25) is 5.91 Å². The van der Waals surface area contributed by atoms with E-state index in [-0.39, 0.29) is 0 Å². The summed E-state index contributed by atoms with van der Waals surface area (Å²) in [6.07, 6.45) is 0. The third-order valence-electron chi connectivity index (χ3n) is 3.26. The predicted octanol–water partition coefficient (Wildman–Crippen LogP) is 1.72. The maximum absolute atomic E-state index is 11.5. The highest BCUT2D eigenvalue weighted by atomic mass is 16.5. The minimum absolute atomic E-state index is 0.297. The van der Waals surface area contributed by atoms with Gasteiger partial charge in [0, 0.05) is 38.8 Å². The Labute approximate surface area is 120 Å². The van der Waals surface area contributed by atoms with E-state index in [1.165, 1.54) is 0 Å². The number of rotatable bonds is 6. The SMILES string of the molecule is C=C(C(N)=O)c1ccc(OC)c(N(C)C)c1N(C)CC. The number of hydrogen-bond acceptors (Lipinski definition) is 4. The van der Waals surface area contributed by atoms with E-state index in [2.05, 4.69) is 6.58 Å². The summed E-state index contributed by atoms with van der Waals surface area (Å²) in [6, 6.07) is 3.65. The van der Waals surface area contributed by atoms with Gasteiger partial charge in [-0.05, 0) is 19.1 Å². The van der Waals surface area contributed by atoms with Crippen LogP contribution >= 0.6 is 0 Å². The van der Waals surface area contributed by atoms with E-state index in [4.69, 9.17) is 10.5 Å². The Hall–Kier alpha value is -2.17. The predicted molar refractivity (Wildman–Crippen MR) is 84.5 cm³/mol. The molecule has 0 unspecified atom stereocenters. The van der Waals surface area contributed by atoms with E-state index in [9.17, 15) is 4.79 Å². The van der Waals surface area contributed by atoms with E-state index in [1.54, 1.807) is 7.11 Å². The number of hydrogen-bond donors (Lipinski definition) is 1. The molecule has 110 valence electrons. The molecule has 2 N–H and O–H groups in total. The summed E-state index contributed by atoms with van der Waals surface area (Å²) in [5.41, 5.74) is 8.19. The van der Waals surface area contributed by atoms with E-state index in [1.807, 2.05) is 50.0 Å². The lowest BCUT2D eigenvalue weighted by Gasteiger charge is -2.29. The molecule has 0 aliphatic carbocycles. The number of ether oxygens (including phenoxy) is 1. The Morgan fingerprint density at radius 3 is 2.30 bits per heavy atom. The van der Waals surface area contributed by atoms with Crippen LogP contribution < -0.4 is 20.3 Å². The monoisotopic (exact) mass is 277 g/mol. The van der Waals surface area contributed by atoms with Crippen LogP contribution in [0.4, 0.5) is 11.4 Å². The molecule has 1 amide bonds. The van der Waals surface area contributed by atoms with Crippen LogP contribution in [0.15, 0.2) is 18.7 Å². The van der Waals surface area contributed by atoms with Gasteiger partial charge in [-0.3, -0.25) is 4.79 Å². The number of methoxy groups -OCH3 is 1. The third kappa shape index (κ3) is 2.87. The lowest BCUT2D eigenvalue weighted by molar-refractivity contribution is -0.112. The average Bonchev–Trinajstić information content (AvgIpc) is 2.43. The molecule has 1 aromatic carbocycles. The van der Waals surface area contributed by atoms with Crippen LogP contribution in [0.2, 0.25) is 0 Å². The first-order chi connectivity index (χ1) is 9.34. The molecule has 0 radical (unpaired) electrons. The molecule has 0 heterocycles. The normalized spacial score (nSPS) is 10.1. The number of carbonyl (C=O) groups excluding carboxylic acids is 1. The van der Waals surface area contributed by atoms with Crippen molar-refractivity contribution in [1.29, 1.82) is 0 Å². The molecule has 0 saturated heterocycles. The largest absolute Gasteiger partial charge is 0.495 e. The third-order valence-corrected chi connectivity index (χ3v) is 3.26. The van der Waals surface area contributed by atoms with Crippen LogP contribution in [-0.2, 0) is 4.79 Å². The molecule has 0 aliphatic rings. The fourth-order valence-electron chi connectivity index (χ4n) is 2.08. The molecule has 0 atom stereocenters. The van der Waals surface area contributed by atoms with Crippen molar-refractivity contribution in [3.8, 4) is 5.75 Å². The quantitative estimate of drug-likeness (QED) is 0.804. The molecule has 0 bridgehead atoms. The summed E-state index contributed by atoms with van der Waals surface area (Å²) in [6.45, 7) is 6.62. The highest BCUT2D eigenvalue weighted by Gasteiger charge is 2.21. The van der Waals surface area contributed by atoms with Gasteiger partial charge in [0.05, 0.1) is 12.8 Å². The summed E-state index contributed by atoms with van der Waals surface area (Å²) in [4.78, 5) is 15.5. The van der Waals surface area contributed by atoms with Crippen LogP contribution in [0.25, 0.3) is 5.57 Å². The van der Waals surface area contributed by atoms with Gasteiger partial charge in [0.1, 0.15) is 11.4 Å². The maximum Gasteiger partial charge on any atom is 0.248 e. The Kier molecular flexibility index (Phi) is 5.02. The van der Waals surface area contributed by atoms with Gasteiger partial charge in [0.15, 0.2) is 0 Å². The first kappa shape index (κ1) is 15.9. The smallest absolute Gasteiger partial charge is 0.248 e. The number of primary amides is 1. The van der Waals surface area contributed by atoms with Crippen molar-refractivity contribution < 1.29 is 9.53 Å². The van der Waals surface area contributed by atoms with Gasteiger partial charge in [-0.1, -0.05) is 6.58 Å². The molecule has 5 nitrogen and oxygen atoms in total. The Morgan fingerprint density at radius 1 is 1.30 bits per heavy atom. The fourth-order valence-corrected chi connectivity index (χ4v) is 2.08. The van der Waals surface area contributed by atoms with Gasteiger partial charge in [-0.2, -0.15) is 0 Å².